The van der Waals surface area contributed by atoms with Gasteiger partial charge in [0.25, 0.3) is 5.91 Å². The summed E-state index contributed by atoms with van der Waals surface area (Å²) in [6.07, 6.45) is 0.297. The minimum absolute atomic E-state index is 0.114. The molecule has 0 saturated carbocycles. The summed E-state index contributed by atoms with van der Waals surface area (Å²) in [6, 6.07) is 0. The molecule has 0 saturated heterocycles. The summed E-state index contributed by atoms with van der Waals surface area (Å²) in [5.41, 5.74) is 11.4. The average molecular weight is 309 g/mol. The molecule has 2 aromatic heterocycles. The van der Waals surface area contributed by atoms with Crippen molar-refractivity contribution >= 4 is 33.7 Å². The molecule has 8 nitrogen and oxygen atoms in total. The Morgan fingerprint density at radius 3 is 2.67 bits per heavy atom. The molecule has 2 heterocycles. The van der Waals surface area contributed by atoms with Gasteiger partial charge in [0.15, 0.2) is 11.6 Å². The Labute approximate surface area is 124 Å². The molecule has 9 heteroatoms. The van der Waals surface area contributed by atoms with Crippen molar-refractivity contribution in [2.75, 3.05) is 11.1 Å². The van der Waals surface area contributed by atoms with E-state index >= 15 is 0 Å². The number of primary amides is 1. The lowest BCUT2D eigenvalue weighted by Gasteiger charge is -2.02. The van der Waals surface area contributed by atoms with Crippen LogP contribution in [0.1, 0.15) is 45.1 Å². The van der Waals surface area contributed by atoms with Crippen LogP contribution in [0.5, 0.6) is 0 Å². The fourth-order valence-corrected chi connectivity index (χ4v) is 2.88. The molecule has 0 aromatic carbocycles. The summed E-state index contributed by atoms with van der Waals surface area (Å²) in [7, 11) is 0. The second-order valence-corrected chi connectivity index (χ2v) is 5.30. The Morgan fingerprint density at radius 1 is 1.43 bits per heavy atom. The van der Waals surface area contributed by atoms with Crippen LogP contribution in [0.15, 0.2) is 4.52 Å². The third kappa shape index (κ3) is 3.02. The molecule has 112 valence electrons. The van der Waals surface area contributed by atoms with Crippen molar-refractivity contribution in [3.63, 3.8) is 0 Å². The van der Waals surface area contributed by atoms with E-state index in [1.807, 2.05) is 0 Å². The SMILES string of the molecule is CCC(=O)c1sc(NCc2nc(C)no2)c(C(N)=O)c1N. The average Bonchev–Trinajstić information content (AvgIpc) is 2.99. The lowest BCUT2D eigenvalue weighted by atomic mass is 10.1. The van der Waals surface area contributed by atoms with Gasteiger partial charge in [-0.3, -0.25) is 9.59 Å². The maximum Gasteiger partial charge on any atom is 0.253 e. The second kappa shape index (κ2) is 5.92. The quantitative estimate of drug-likeness (QED) is 0.684. The number of amides is 1. The van der Waals surface area contributed by atoms with Crippen LogP contribution in [0.2, 0.25) is 0 Å². The summed E-state index contributed by atoms with van der Waals surface area (Å²) >= 11 is 1.10. The largest absolute Gasteiger partial charge is 0.397 e. The molecule has 0 radical (unpaired) electrons. The maximum atomic E-state index is 11.8. The number of rotatable bonds is 6. The lowest BCUT2D eigenvalue weighted by molar-refractivity contribution is 0.0991. The first-order valence-electron chi connectivity index (χ1n) is 6.22. The molecule has 5 N–H and O–H groups in total. The molecule has 0 fully saturated rings. The predicted octanol–water partition coefficient (Wildman–Crippen LogP) is 1.33. The summed E-state index contributed by atoms with van der Waals surface area (Å²) in [5.74, 6) is 0.0394. The van der Waals surface area contributed by atoms with Crippen molar-refractivity contribution in [2.24, 2.45) is 5.73 Å². The van der Waals surface area contributed by atoms with Crippen molar-refractivity contribution in [1.82, 2.24) is 10.1 Å². The molecule has 21 heavy (non-hydrogen) atoms. The summed E-state index contributed by atoms with van der Waals surface area (Å²) < 4.78 is 4.96. The van der Waals surface area contributed by atoms with E-state index in [-0.39, 0.29) is 23.6 Å². The Morgan fingerprint density at radius 2 is 2.14 bits per heavy atom. The predicted molar refractivity (Wildman–Crippen MR) is 78.2 cm³/mol. The molecule has 0 unspecified atom stereocenters. The number of aromatic nitrogens is 2. The standard InChI is InChI=1S/C12H15N5O3S/c1-3-6(18)10-9(13)8(11(14)19)12(21-10)15-4-7-16-5(2)17-20-7/h15H,3-4,13H2,1-2H3,(H2,14,19). The van der Waals surface area contributed by atoms with Gasteiger partial charge in [-0.25, -0.2) is 0 Å². The smallest absolute Gasteiger partial charge is 0.253 e. The highest BCUT2D eigenvalue weighted by Crippen LogP contribution is 2.36. The van der Waals surface area contributed by atoms with Gasteiger partial charge in [0.2, 0.25) is 5.89 Å². The molecule has 0 aliphatic rings. The van der Waals surface area contributed by atoms with Gasteiger partial charge in [-0.15, -0.1) is 11.3 Å². The van der Waals surface area contributed by atoms with E-state index in [1.54, 1.807) is 13.8 Å². The molecule has 0 bridgehead atoms. The van der Waals surface area contributed by atoms with Gasteiger partial charge < -0.3 is 21.3 Å². The van der Waals surface area contributed by atoms with Crippen LogP contribution in [-0.4, -0.2) is 21.8 Å². The molecule has 0 spiro atoms. The van der Waals surface area contributed by atoms with Crippen LogP contribution in [0, 0.1) is 6.92 Å². The normalized spacial score (nSPS) is 10.6. The lowest BCUT2D eigenvalue weighted by Crippen LogP contribution is -2.15. The summed E-state index contributed by atoms with van der Waals surface area (Å²) in [4.78, 5) is 27.7. The van der Waals surface area contributed by atoms with Crippen molar-refractivity contribution in [3.8, 4) is 0 Å². The van der Waals surface area contributed by atoms with Gasteiger partial charge in [-0.2, -0.15) is 4.98 Å². The highest BCUT2D eigenvalue weighted by Gasteiger charge is 2.23. The van der Waals surface area contributed by atoms with Crippen LogP contribution in [0.25, 0.3) is 0 Å². The Hall–Kier alpha value is -2.42. The van der Waals surface area contributed by atoms with E-state index in [4.69, 9.17) is 16.0 Å². The fourth-order valence-electron chi connectivity index (χ4n) is 1.75. The molecule has 0 aliphatic carbocycles. The van der Waals surface area contributed by atoms with Crippen molar-refractivity contribution in [1.29, 1.82) is 0 Å². The molecule has 1 amide bonds. The first kappa shape index (κ1) is 15.0. The zero-order chi connectivity index (χ0) is 15.6. The number of hydrogen-bond donors (Lipinski definition) is 3. The van der Waals surface area contributed by atoms with Crippen molar-refractivity contribution in [3.05, 3.63) is 22.2 Å². The number of nitrogens with two attached hydrogens (primary N) is 2. The Bertz CT molecular complexity index is 691. The molecule has 0 atom stereocenters. The van der Waals surface area contributed by atoms with Crippen LogP contribution in [0.4, 0.5) is 10.7 Å². The monoisotopic (exact) mass is 309 g/mol. The van der Waals surface area contributed by atoms with Gasteiger partial charge in [0.05, 0.1) is 22.7 Å². The van der Waals surface area contributed by atoms with Crippen LogP contribution in [0.3, 0.4) is 0 Å². The Balaban J connectivity index is 2.29. The van der Waals surface area contributed by atoms with Gasteiger partial charge in [0.1, 0.15) is 5.00 Å². The topological polar surface area (TPSA) is 137 Å². The van der Waals surface area contributed by atoms with E-state index in [1.165, 1.54) is 0 Å². The van der Waals surface area contributed by atoms with E-state index < -0.39 is 5.91 Å². The zero-order valence-corrected chi connectivity index (χ0v) is 12.4. The number of ketones is 1. The van der Waals surface area contributed by atoms with Crippen LogP contribution < -0.4 is 16.8 Å². The molecule has 2 rings (SSSR count). The third-order valence-electron chi connectivity index (χ3n) is 2.74. The van der Waals surface area contributed by atoms with E-state index in [2.05, 4.69) is 15.5 Å². The third-order valence-corrected chi connectivity index (χ3v) is 3.94. The summed E-state index contributed by atoms with van der Waals surface area (Å²) in [6.45, 7) is 3.63. The fraction of sp³-hybridized carbons (Fsp3) is 0.333. The number of carbonyl (C=O) groups is 2. The van der Waals surface area contributed by atoms with E-state index in [0.29, 0.717) is 28.0 Å². The second-order valence-electron chi connectivity index (χ2n) is 4.28. The summed E-state index contributed by atoms with van der Waals surface area (Å²) in [5, 5.41) is 7.03. The van der Waals surface area contributed by atoms with Gasteiger partial charge in [-0.1, -0.05) is 12.1 Å². The number of carbonyl (C=O) groups excluding carboxylic acids is 2. The number of aryl methyl sites for hydroxylation is 1. The van der Waals surface area contributed by atoms with Crippen molar-refractivity contribution < 1.29 is 14.1 Å². The van der Waals surface area contributed by atoms with Gasteiger partial charge in [0, 0.05) is 6.42 Å². The van der Waals surface area contributed by atoms with E-state index in [9.17, 15) is 9.59 Å². The number of Topliss-reactive ketones (excluding diaryl/α,β-unsaturated/α-hetero) is 1. The number of nitrogens with one attached hydrogen (secondary N) is 1. The molecular weight excluding hydrogens is 294 g/mol. The minimum Gasteiger partial charge on any atom is -0.397 e. The van der Waals surface area contributed by atoms with Crippen LogP contribution in [-0.2, 0) is 6.54 Å². The highest BCUT2D eigenvalue weighted by atomic mass is 32.1. The molecule has 2 aromatic rings. The van der Waals surface area contributed by atoms with Crippen molar-refractivity contribution in [2.45, 2.75) is 26.8 Å². The minimum atomic E-state index is -0.692. The Kier molecular flexibility index (Phi) is 4.22. The van der Waals surface area contributed by atoms with E-state index in [0.717, 1.165) is 11.3 Å². The van der Waals surface area contributed by atoms with Gasteiger partial charge in [-0.05, 0) is 6.92 Å². The number of nitrogen functional groups attached to an aromatic ring is 1. The maximum absolute atomic E-state index is 11.8. The number of nitrogens with zero attached hydrogens (tertiary/aromatic N) is 2. The number of anilines is 2. The highest BCUT2D eigenvalue weighted by molar-refractivity contribution is 7.19. The first-order chi connectivity index (χ1) is 9.93. The van der Waals surface area contributed by atoms with Gasteiger partial charge >= 0.3 is 0 Å². The number of hydrogen-bond acceptors (Lipinski definition) is 8. The zero-order valence-electron chi connectivity index (χ0n) is 11.6. The first-order valence-corrected chi connectivity index (χ1v) is 7.04. The molecular formula is C12H15N5O3S. The molecule has 0 aliphatic heterocycles. The van der Waals surface area contributed by atoms with Crippen LogP contribution >= 0.6 is 11.3 Å². The number of thiophene rings is 1.